The van der Waals surface area contributed by atoms with Crippen LogP contribution < -0.4 is 17.2 Å². The molecule has 6 N–H and O–H groups in total. The lowest BCUT2D eigenvalue weighted by molar-refractivity contribution is -0.154. The molecule has 6 unspecified atom stereocenters. The molecule has 3 rings (SSSR count). The van der Waals surface area contributed by atoms with Gasteiger partial charge >= 0.3 is 0 Å². The molecule has 0 saturated carbocycles. The van der Waals surface area contributed by atoms with Gasteiger partial charge in [0.05, 0.1) is 50.9 Å². The highest BCUT2D eigenvalue weighted by Crippen LogP contribution is 2.20. The van der Waals surface area contributed by atoms with E-state index < -0.39 is 0 Å². The summed E-state index contributed by atoms with van der Waals surface area (Å²) in [5.74, 6) is 0. The Labute approximate surface area is 142 Å². The maximum Gasteiger partial charge on any atom is 0.139 e. The molecule has 0 aromatic carbocycles. The molecule has 24 heavy (non-hydrogen) atoms. The average Bonchev–Trinajstić information content (AvgIpc) is 2.59. The van der Waals surface area contributed by atoms with Crippen LogP contribution in [0.1, 0.15) is 12.8 Å². The third kappa shape index (κ3) is 4.45. The number of hydrogen-bond donors (Lipinski definition) is 3. The van der Waals surface area contributed by atoms with E-state index in [-0.39, 0.29) is 36.4 Å². The maximum atomic E-state index is 6.34. The Morgan fingerprint density at radius 1 is 0.875 bits per heavy atom. The second-order valence-corrected chi connectivity index (χ2v) is 6.67. The summed E-state index contributed by atoms with van der Waals surface area (Å²) < 4.78 is 28.3. The van der Waals surface area contributed by atoms with Crippen LogP contribution >= 0.6 is 0 Å². The molecule has 0 radical (unpaired) electrons. The summed E-state index contributed by atoms with van der Waals surface area (Å²) in [6.07, 6.45) is 2.67. The van der Waals surface area contributed by atoms with Crippen molar-refractivity contribution in [1.29, 1.82) is 0 Å². The van der Waals surface area contributed by atoms with E-state index >= 15 is 0 Å². The molecule has 3 saturated heterocycles. The van der Waals surface area contributed by atoms with Crippen molar-refractivity contribution >= 4 is 0 Å². The van der Waals surface area contributed by atoms with E-state index in [0.29, 0.717) is 39.6 Å². The van der Waals surface area contributed by atoms with Gasteiger partial charge in [-0.1, -0.05) is 0 Å². The van der Waals surface area contributed by atoms with Crippen molar-refractivity contribution in [2.45, 2.75) is 49.3 Å². The summed E-state index contributed by atoms with van der Waals surface area (Å²) in [5, 5.41) is 0. The molecule has 8 nitrogen and oxygen atoms in total. The van der Waals surface area contributed by atoms with Crippen LogP contribution in [0.25, 0.3) is 0 Å². The van der Waals surface area contributed by atoms with E-state index in [4.69, 9.17) is 40.9 Å². The topological polar surface area (TPSA) is 124 Å². The average molecular weight is 343 g/mol. The van der Waals surface area contributed by atoms with Crippen molar-refractivity contribution < 1.29 is 23.7 Å². The van der Waals surface area contributed by atoms with Gasteiger partial charge in [-0.3, -0.25) is 0 Å². The van der Waals surface area contributed by atoms with Crippen molar-refractivity contribution in [3.05, 3.63) is 11.8 Å². The second kappa shape index (κ2) is 8.57. The van der Waals surface area contributed by atoms with Gasteiger partial charge in [-0.2, -0.15) is 0 Å². The van der Waals surface area contributed by atoms with Gasteiger partial charge in [0, 0.05) is 24.8 Å². The standard InChI is InChI=1S/C16H29N3O5/c17-11-1-3-20-5-10(11)6-23-14-8-22-9-15(16(14)19)24-13-2-4-21-7-12(13)18/h6,11-16H,1-5,7-9,17-19H2/b10-6+. The first-order chi connectivity index (χ1) is 11.6. The SMILES string of the molecule is NC1CCOC/C1=C\OC1COCC(OC2CCOCC2N)C1N. The highest BCUT2D eigenvalue weighted by Gasteiger charge is 2.36. The van der Waals surface area contributed by atoms with Gasteiger partial charge in [0.25, 0.3) is 0 Å². The van der Waals surface area contributed by atoms with Crippen molar-refractivity contribution in [2.24, 2.45) is 17.2 Å². The molecule has 8 heteroatoms. The highest BCUT2D eigenvalue weighted by atomic mass is 16.6. The third-order valence-corrected chi connectivity index (χ3v) is 4.82. The molecule has 0 spiro atoms. The quantitative estimate of drug-likeness (QED) is 0.547. The van der Waals surface area contributed by atoms with E-state index in [9.17, 15) is 0 Å². The van der Waals surface area contributed by atoms with Gasteiger partial charge in [-0.15, -0.1) is 0 Å². The molecule has 3 heterocycles. The van der Waals surface area contributed by atoms with Crippen molar-refractivity contribution in [3.63, 3.8) is 0 Å². The lowest BCUT2D eigenvalue weighted by Gasteiger charge is -2.39. The lowest BCUT2D eigenvalue weighted by atomic mass is 10.0. The zero-order valence-electron chi connectivity index (χ0n) is 14.0. The van der Waals surface area contributed by atoms with Crippen LogP contribution in [0.3, 0.4) is 0 Å². The summed E-state index contributed by atoms with van der Waals surface area (Å²) in [5.41, 5.74) is 19.4. The zero-order chi connectivity index (χ0) is 16.9. The number of hydrogen-bond acceptors (Lipinski definition) is 8. The van der Waals surface area contributed by atoms with E-state index in [0.717, 1.165) is 18.4 Å². The zero-order valence-corrected chi connectivity index (χ0v) is 14.0. The van der Waals surface area contributed by atoms with Crippen LogP contribution in [0.5, 0.6) is 0 Å². The van der Waals surface area contributed by atoms with Gasteiger partial charge < -0.3 is 40.9 Å². The summed E-state index contributed by atoms with van der Waals surface area (Å²) >= 11 is 0. The van der Waals surface area contributed by atoms with E-state index in [1.54, 1.807) is 6.26 Å². The Morgan fingerprint density at radius 3 is 2.46 bits per heavy atom. The van der Waals surface area contributed by atoms with Crippen LogP contribution in [-0.4, -0.2) is 76.1 Å². The van der Waals surface area contributed by atoms with Gasteiger partial charge in [-0.05, 0) is 12.8 Å². The molecule has 3 aliphatic rings. The third-order valence-electron chi connectivity index (χ3n) is 4.82. The first-order valence-corrected chi connectivity index (χ1v) is 8.65. The van der Waals surface area contributed by atoms with Crippen LogP contribution in [0.4, 0.5) is 0 Å². The predicted molar refractivity (Wildman–Crippen MR) is 87.2 cm³/mol. The Bertz CT molecular complexity index is 436. The van der Waals surface area contributed by atoms with Crippen LogP contribution in [-0.2, 0) is 23.7 Å². The fourth-order valence-electron chi connectivity index (χ4n) is 3.14. The van der Waals surface area contributed by atoms with Crippen molar-refractivity contribution in [3.8, 4) is 0 Å². The minimum atomic E-state index is -0.286. The summed E-state index contributed by atoms with van der Waals surface area (Å²) in [4.78, 5) is 0. The fourth-order valence-corrected chi connectivity index (χ4v) is 3.14. The highest BCUT2D eigenvalue weighted by molar-refractivity contribution is 5.10. The normalized spacial score (nSPS) is 42.9. The first kappa shape index (κ1) is 18.1. The number of nitrogens with two attached hydrogens (primary N) is 3. The smallest absolute Gasteiger partial charge is 0.139 e. The Hall–Kier alpha value is -0.740. The Kier molecular flexibility index (Phi) is 6.45. The Morgan fingerprint density at radius 2 is 1.67 bits per heavy atom. The minimum absolute atomic E-state index is 0.0215. The molecule has 0 bridgehead atoms. The minimum Gasteiger partial charge on any atom is -0.494 e. The molecular formula is C16H29N3O5. The maximum absolute atomic E-state index is 6.34. The molecule has 138 valence electrons. The summed E-state index contributed by atoms with van der Waals surface area (Å²) in [6, 6.07) is -0.440. The molecule has 0 aromatic heterocycles. The van der Waals surface area contributed by atoms with E-state index in [2.05, 4.69) is 0 Å². The Balaban J connectivity index is 1.54. The van der Waals surface area contributed by atoms with Gasteiger partial charge in [0.2, 0.25) is 0 Å². The van der Waals surface area contributed by atoms with Crippen molar-refractivity contribution in [2.75, 3.05) is 39.6 Å². The molecule has 3 aliphatic heterocycles. The largest absolute Gasteiger partial charge is 0.494 e. The first-order valence-electron chi connectivity index (χ1n) is 8.65. The van der Waals surface area contributed by atoms with Crippen LogP contribution in [0, 0.1) is 0 Å². The second-order valence-electron chi connectivity index (χ2n) is 6.67. The molecule has 0 aliphatic carbocycles. The van der Waals surface area contributed by atoms with E-state index in [1.165, 1.54) is 0 Å². The molecular weight excluding hydrogens is 314 g/mol. The van der Waals surface area contributed by atoms with Gasteiger partial charge in [0.1, 0.15) is 12.2 Å². The van der Waals surface area contributed by atoms with E-state index in [1.807, 2.05) is 0 Å². The molecule has 0 amide bonds. The lowest BCUT2D eigenvalue weighted by Crippen LogP contribution is -2.57. The predicted octanol–water partition coefficient (Wildman–Crippen LogP) is -1.14. The number of rotatable bonds is 4. The summed E-state index contributed by atoms with van der Waals surface area (Å²) in [6.45, 7) is 3.24. The molecule has 3 fully saturated rings. The molecule has 6 atom stereocenters. The summed E-state index contributed by atoms with van der Waals surface area (Å²) in [7, 11) is 0. The number of ether oxygens (including phenoxy) is 5. The molecule has 0 aromatic rings. The fraction of sp³-hybridized carbons (Fsp3) is 0.875. The van der Waals surface area contributed by atoms with Crippen LogP contribution in [0.15, 0.2) is 11.8 Å². The van der Waals surface area contributed by atoms with Gasteiger partial charge in [-0.25, -0.2) is 0 Å². The van der Waals surface area contributed by atoms with Crippen LogP contribution in [0.2, 0.25) is 0 Å². The monoisotopic (exact) mass is 343 g/mol. The van der Waals surface area contributed by atoms with Crippen molar-refractivity contribution in [1.82, 2.24) is 0 Å². The van der Waals surface area contributed by atoms with Gasteiger partial charge in [0.15, 0.2) is 0 Å².